The maximum Gasteiger partial charge on any atom is -0.0536 e. The van der Waals surface area contributed by atoms with E-state index in [0.29, 0.717) is 0 Å². The highest BCUT2D eigenvalue weighted by Gasteiger charge is 1.75. The largest absolute Gasteiger partial charge is 0.0683 e. The molecule has 0 saturated carbocycles. The summed E-state index contributed by atoms with van der Waals surface area (Å²) in [6.45, 7) is 28.7. The molecule has 0 radical (unpaired) electrons. The third kappa shape index (κ3) is 512. The molecule has 0 aliphatic carbocycles. The molecule has 128 valence electrons. The summed E-state index contributed by atoms with van der Waals surface area (Å²) in [6.07, 6.45) is 6.79. The molecule has 0 fully saturated rings. The van der Waals surface area contributed by atoms with Crippen molar-refractivity contribution in [2.75, 3.05) is 0 Å². The van der Waals surface area contributed by atoms with Crippen LogP contribution in [0.4, 0.5) is 0 Å². The van der Waals surface area contributed by atoms with Gasteiger partial charge in [-0.25, -0.2) is 0 Å². The van der Waals surface area contributed by atoms with Gasteiger partial charge in [-0.2, -0.15) is 0 Å². The van der Waals surface area contributed by atoms with Crippen molar-refractivity contribution < 1.29 is 0 Å². The van der Waals surface area contributed by atoms with Crippen molar-refractivity contribution in [3.8, 4) is 0 Å². The summed E-state index contributed by atoms with van der Waals surface area (Å²) in [7, 11) is 0. The summed E-state index contributed by atoms with van der Waals surface area (Å²) in [6, 6.07) is 0. The van der Waals surface area contributed by atoms with E-state index in [1.165, 1.54) is 32.1 Å². The molecule has 0 aliphatic rings. The average molecular weight is 281 g/mol. The Morgan fingerprint density at radius 3 is 0.526 bits per heavy atom. The molecule has 0 spiro atoms. The van der Waals surface area contributed by atoms with Crippen LogP contribution in [-0.2, 0) is 0 Å². The second kappa shape index (κ2) is 208. The Morgan fingerprint density at radius 2 is 0.474 bits per heavy atom. The Labute approximate surface area is 129 Å². The van der Waals surface area contributed by atoms with Gasteiger partial charge in [-0.3, -0.25) is 0 Å². The van der Waals surface area contributed by atoms with Gasteiger partial charge in [-0.15, -0.1) is 0 Å². The highest BCUT2D eigenvalue weighted by atomic mass is 13.8. The molecule has 0 aliphatic heterocycles. The van der Waals surface area contributed by atoms with Gasteiger partial charge >= 0.3 is 0 Å². The fraction of sp³-hybridized carbons (Fsp3) is 1.00. The van der Waals surface area contributed by atoms with Crippen LogP contribution in [0.1, 0.15) is 129 Å². The fourth-order valence-electron chi connectivity index (χ4n) is 0.500. The van der Waals surface area contributed by atoms with Gasteiger partial charge in [-0.1, -0.05) is 129 Å². The Bertz CT molecular complexity index is 19.2. The van der Waals surface area contributed by atoms with Crippen molar-refractivity contribution in [3.05, 3.63) is 0 Å². The number of rotatable bonds is 3. The van der Waals surface area contributed by atoms with Gasteiger partial charge in [0, 0.05) is 0 Å². The van der Waals surface area contributed by atoms with Crippen molar-refractivity contribution in [1.82, 2.24) is 0 Å². The smallest absolute Gasteiger partial charge is 0.0536 e. The van der Waals surface area contributed by atoms with Gasteiger partial charge < -0.3 is 0 Å². The fourth-order valence-corrected chi connectivity index (χ4v) is 0.500. The molecular weight excluding hydrogens is 228 g/mol. The first kappa shape index (κ1) is 42.8. The van der Waals surface area contributed by atoms with Gasteiger partial charge in [0.1, 0.15) is 0 Å². The minimum absolute atomic E-state index is 1.25. The quantitative estimate of drug-likeness (QED) is 0.452. The maximum atomic E-state index is 2.23. The summed E-state index contributed by atoms with van der Waals surface area (Å²) in [4.78, 5) is 0. The molecule has 0 N–H and O–H groups in total. The molecule has 0 heterocycles. The summed E-state index contributed by atoms with van der Waals surface area (Å²) in [5, 5.41) is 0. The van der Waals surface area contributed by atoms with E-state index >= 15 is 0 Å². The number of hydrogen-bond donors (Lipinski definition) is 0. The lowest BCUT2D eigenvalue weighted by atomic mass is 10.2. The van der Waals surface area contributed by atoms with Crippen molar-refractivity contribution >= 4 is 0 Å². The van der Waals surface area contributed by atoms with E-state index < -0.39 is 0 Å². The molecule has 0 rings (SSSR count). The summed E-state index contributed by atoms with van der Waals surface area (Å²) >= 11 is 0. The zero-order valence-corrected chi connectivity index (χ0v) is 17.5. The molecule has 19 heavy (non-hydrogen) atoms. The highest BCUT2D eigenvalue weighted by molar-refractivity contribution is 4.31. The molecule has 0 heteroatoms. The van der Waals surface area contributed by atoms with Crippen LogP contribution in [-0.4, -0.2) is 0 Å². The molecule has 0 aromatic rings. The van der Waals surface area contributed by atoms with Gasteiger partial charge in [0.15, 0.2) is 0 Å². The van der Waals surface area contributed by atoms with E-state index in [0.717, 1.165) is 0 Å². The van der Waals surface area contributed by atoms with E-state index in [2.05, 4.69) is 27.7 Å². The van der Waals surface area contributed by atoms with E-state index in [1.54, 1.807) is 0 Å². The topological polar surface area (TPSA) is 0 Å². The summed E-state index contributed by atoms with van der Waals surface area (Å²) in [5.41, 5.74) is 0. The lowest BCUT2D eigenvalue weighted by Crippen LogP contribution is -1.66. The van der Waals surface area contributed by atoms with Crippen LogP contribution < -0.4 is 0 Å². The first-order valence-electron chi connectivity index (χ1n) is 9.33. The standard InChI is InChI=1S/C6H14.C3H8.5C2H6/c1-3-5-6-4-2;1-3-2;5*1-2/h3-6H2,1-2H3;3H2,1-2H3;5*1-2H3. The van der Waals surface area contributed by atoms with E-state index in [-0.39, 0.29) is 0 Å². The summed E-state index contributed by atoms with van der Waals surface area (Å²) in [5.74, 6) is 0. The van der Waals surface area contributed by atoms with Crippen molar-refractivity contribution in [1.29, 1.82) is 0 Å². The normalized spacial score (nSPS) is 5.37. The molecule has 0 aromatic heterocycles. The lowest BCUT2D eigenvalue weighted by Gasteiger charge is -1.86. The SMILES string of the molecule is CC.CC.CC.CC.CC.CCC.CCCCCC. The third-order valence-corrected chi connectivity index (χ3v) is 0.957. The van der Waals surface area contributed by atoms with Gasteiger partial charge in [-0.05, 0) is 0 Å². The number of hydrogen-bond acceptors (Lipinski definition) is 0. The first-order chi connectivity index (χ1) is 9.33. The third-order valence-electron chi connectivity index (χ3n) is 0.957. The lowest BCUT2D eigenvalue weighted by molar-refractivity contribution is 0.702. The van der Waals surface area contributed by atoms with Crippen LogP contribution in [0.15, 0.2) is 0 Å². The zero-order valence-electron chi connectivity index (χ0n) is 17.5. The monoisotopic (exact) mass is 280 g/mol. The maximum absolute atomic E-state index is 2.23. The van der Waals surface area contributed by atoms with E-state index in [9.17, 15) is 0 Å². The molecule has 0 nitrogen and oxygen atoms in total. The average Bonchev–Trinajstić information content (AvgIpc) is 2.56. The van der Waals surface area contributed by atoms with Gasteiger partial charge in [0.2, 0.25) is 0 Å². The zero-order chi connectivity index (χ0) is 17.5. The second-order valence-corrected chi connectivity index (χ2v) is 2.41. The van der Waals surface area contributed by atoms with Gasteiger partial charge in [0.25, 0.3) is 0 Å². The molecule has 0 unspecified atom stereocenters. The van der Waals surface area contributed by atoms with Crippen LogP contribution in [0.5, 0.6) is 0 Å². The Balaban J connectivity index is -0.0000000193. The molecule has 0 saturated heterocycles. The number of unbranched alkanes of at least 4 members (excludes halogenated alkanes) is 3. The highest BCUT2D eigenvalue weighted by Crippen LogP contribution is 1.95. The minimum atomic E-state index is 1.25. The predicted molar refractivity (Wildman–Crippen MR) is 103 cm³/mol. The molecule has 0 amide bonds. The Kier molecular flexibility index (Phi) is 468. The molecule has 0 atom stereocenters. The Morgan fingerprint density at radius 1 is 0.368 bits per heavy atom. The molecular formula is C19H52. The second-order valence-electron chi connectivity index (χ2n) is 2.41. The first-order valence-corrected chi connectivity index (χ1v) is 9.33. The predicted octanol–water partition coefficient (Wildman–Crippen LogP) is 9.13. The van der Waals surface area contributed by atoms with Crippen LogP contribution in [0.25, 0.3) is 0 Å². The van der Waals surface area contributed by atoms with Crippen molar-refractivity contribution in [2.45, 2.75) is 129 Å². The Hall–Kier alpha value is 0. The minimum Gasteiger partial charge on any atom is -0.0683 e. The van der Waals surface area contributed by atoms with E-state index in [4.69, 9.17) is 0 Å². The molecule has 0 bridgehead atoms. The molecule has 0 aromatic carbocycles. The van der Waals surface area contributed by atoms with Crippen LogP contribution in [0, 0.1) is 0 Å². The van der Waals surface area contributed by atoms with Crippen molar-refractivity contribution in [2.24, 2.45) is 0 Å². The van der Waals surface area contributed by atoms with E-state index in [1.807, 2.05) is 69.2 Å². The van der Waals surface area contributed by atoms with Crippen LogP contribution >= 0.6 is 0 Å². The summed E-state index contributed by atoms with van der Waals surface area (Å²) < 4.78 is 0. The van der Waals surface area contributed by atoms with Crippen molar-refractivity contribution in [3.63, 3.8) is 0 Å². The van der Waals surface area contributed by atoms with Crippen LogP contribution in [0.2, 0.25) is 0 Å². The van der Waals surface area contributed by atoms with Gasteiger partial charge in [0.05, 0.1) is 0 Å². The van der Waals surface area contributed by atoms with Crippen LogP contribution in [0.3, 0.4) is 0 Å².